The smallest absolute Gasteiger partial charge is 0.225 e. The Morgan fingerprint density at radius 2 is 1.79 bits per heavy atom. The number of aryl methyl sites for hydroxylation is 1. The highest BCUT2D eigenvalue weighted by Crippen LogP contribution is 2.37. The number of ether oxygens (including phenoxy) is 1. The molecule has 4 nitrogen and oxygen atoms in total. The largest absolute Gasteiger partial charge is 0.471 e. The minimum Gasteiger partial charge on any atom is -0.471 e. The van der Waals surface area contributed by atoms with Gasteiger partial charge in [-0.15, -0.1) is 0 Å². The molecule has 0 atom stereocenters. The Labute approximate surface area is 136 Å². The van der Waals surface area contributed by atoms with Gasteiger partial charge in [0.25, 0.3) is 0 Å². The Morgan fingerprint density at radius 3 is 2.38 bits per heavy atom. The van der Waals surface area contributed by atoms with Crippen molar-refractivity contribution in [3.05, 3.63) is 42.1 Å². The fourth-order valence-electron chi connectivity index (χ4n) is 2.43. The summed E-state index contributed by atoms with van der Waals surface area (Å²) in [5, 5.41) is 4.03. The number of hydrogen-bond donors (Lipinski definition) is 0. The first kappa shape index (κ1) is 16.3. The molecule has 2 heterocycles. The maximum Gasteiger partial charge on any atom is 0.225 e. The van der Waals surface area contributed by atoms with Gasteiger partial charge in [-0.25, -0.2) is 18.2 Å². The van der Waals surface area contributed by atoms with Crippen molar-refractivity contribution in [2.45, 2.75) is 26.4 Å². The van der Waals surface area contributed by atoms with E-state index in [1.165, 1.54) is 6.20 Å². The topological polar surface area (TPSA) is 39.9 Å². The molecule has 0 saturated carbocycles. The number of benzene rings is 1. The van der Waals surface area contributed by atoms with Gasteiger partial charge in [-0.1, -0.05) is 0 Å². The summed E-state index contributed by atoms with van der Waals surface area (Å²) in [6, 6.07) is 0.952. The number of hydrogen-bond acceptors (Lipinski definition) is 3. The number of halogens is 3. The lowest BCUT2D eigenvalue weighted by molar-refractivity contribution is 0.126. The van der Waals surface area contributed by atoms with Crippen LogP contribution in [0, 0.1) is 17.5 Å². The lowest BCUT2D eigenvalue weighted by Crippen LogP contribution is -2.24. The second-order valence-corrected chi connectivity index (χ2v) is 6.50. The highest BCUT2D eigenvalue weighted by atomic mass is 19.2. The summed E-state index contributed by atoms with van der Waals surface area (Å²) >= 11 is 0. The van der Waals surface area contributed by atoms with Crippen LogP contribution in [0.3, 0.4) is 0 Å². The highest BCUT2D eigenvalue weighted by molar-refractivity contribution is 5.99. The van der Waals surface area contributed by atoms with Crippen molar-refractivity contribution in [1.82, 2.24) is 14.8 Å². The molecular weight excluding hydrogens is 319 g/mol. The fraction of sp³-hybridized carbons (Fsp3) is 0.294. The van der Waals surface area contributed by atoms with Crippen LogP contribution in [-0.4, -0.2) is 20.4 Å². The van der Waals surface area contributed by atoms with Crippen molar-refractivity contribution in [3.63, 3.8) is 0 Å². The summed E-state index contributed by atoms with van der Waals surface area (Å²) in [5.41, 5.74) is 0.382. The fourth-order valence-corrected chi connectivity index (χ4v) is 2.43. The molecule has 0 unspecified atom stereocenters. The third kappa shape index (κ3) is 2.81. The Morgan fingerprint density at radius 1 is 1.08 bits per heavy atom. The molecule has 0 amide bonds. The number of rotatable bonds is 2. The van der Waals surface area contributed by atoms with Crippen LogP contribution in [0.1, 0.15) is 20.8 Å². The van der Waals surface area contributed by atoms with Crippen LogP contribution in [0.25, 0.3) is 21.9 Å². The zero-order chi connectivity index (χ0) is 17.6. The van der Waals surface area contributed by atoms with Crippen LogP contribution in [0.4, 0.5) is 13.2 Å². The quantitative estimate of drug-likeness (QED) is 0.658. The molecule has 0 fully saturated rings. The van der Waals surface area contributed by atoms with E-state index in [2.05, 4.69) is 10.1 Å². The van der Waals surface area contributed by atoms with Crippen molar-refractivity contribution < 1.29 is 17.9 Å². The van der Waals surface area contributed by atoms with E-state index < -0.39 is 23.1 Å². The molecule has 1 aromatic carbocycles. The van der Waals surface area contributed by atoms with Crippen molar-refractivity contribution in [2.75, 3.05) is 0 Å². The van der Waals surface area contributed by atoms with Crippen LogP contribution in [0.15, 0.2) is 24.7 Å². The van der Waals surface area contributed by atoms with Gasteiger partial charge in [-0.2, -0.15) is 5.10 Å². The summed E-state index contributed by atoms with van der Waals surface area (Å²) in [6.45, 7) is 5.27. The molecule has 0 bridgehead atoms. The SMILES string of the molecule is Cn1cc(-c2cnc(OC(C)(C)C)c3c(F)c(F)c(F)cc23)cn1. The van der Waals surface area contributed by atoms with Crippen LogP contribution in [0.2, 0.25) is 0 Å². The maximum atomic E-state index is 14.4. The molecule has 2 aromatic heterocycles. The number of nitrogens with zero attached hydrogens (tertiary/aromatic N) is 3. The molecule has 24 heavy (non-hydrogen) atoms. The third-order valence-electron chi connectivity index (χ3n) is 3.40. The molecule has 0 spiro atoms. The zero-order valence-corrected chi connectivity index (χ0v) is 13.7. The third-order valence-corrected chi connectivity index (χ3v) is 3.40. The van der Waals surface area contributed by atoms with E-state index >= 15 is 0 Å². The van der Waals surface area contributed by atoms with Gasteiger partial charge < -0.3 is 4.74 Å². The van der Waals surface area contributed by atoms with Crippen LogP contribution in [0.5, 0.6) is 5.88 Å². The molecule has 0 aliphatic heterocycles. The van der Waals surface area contributed by atoms with E-state index in [9.17, 15) is 13.2 Å². The van der Waals surface area contributed by atoms with E-state index in [0.29, 0.717) is 11.1 Å². The Balaban J connectivity index is 2.36. The average molecular weight is 335 g/mol. The van der Waals surface area contributed by atoms with Gasteiger partial charge in [0.05, 0.1) is 11.6 Å². The van der Waals surface area contributed by atoms with Crippen molar-refractivity contribution >= 4 is 10.8 Å². The van der Waals surface area contributed by atoms with Crippen molar-refractivity contribution in [1.29, 1.82) is 0 Å². The van der Waals surface area contributed by atoms with E-state index in [1.54, 1.807) is 44.9 Å². The molecule has 7 heteroatoms. The monoisotopic (exact) mass is 335 g/mol. The first-order valence-corrected chi connectivity index (χ1v) is 7.31. The van der Waals surface area contributed by atoms with Gasteiger partial charge in [0.2, 0.25) is 5.88 Å². The molecule has 0 radical (unpaired) electrons. The second kappa shape index (κ2) is 5.51. The van der Waals surface area contributed by atoms with Crippen molar-refractivity contribution in [3.8, 4) is 17.0 Å². The first-order valence-electron chi connectivity index (χ1n) is 7.31. The molecule has 126 valence electrons. The average Bonchev–Trinajstić information content (AvgIpc) is 2.89. The molecule has 3 rings (SSSR count). The van der Waals surface area contributed by atoms with Gasteiger partial charge in [0.1, 0.15) is 5.60 Å². The number of pyridine rings is 1. The Hall–Kier alpha value is -2.57. The maximum absolute atomic E-state index is 14.4. The lowest BCUT2D eigenvalue weighted by atomic mass is 10.0. The van der Waals surface area contributed by atoms with Gasteiger partial charge in [0.15, 0.2) is 17.5 Å². The predicted octanol–water partition coefficient (Wildman–Crippen LogP) is 4.23. The molecule has 0 aliphatic rings. The van der Waals surface area contributed by atoms with Crippen LogP contribution >= 0.6 is 0 Å². The van der Waals surface area contributed by atoms with Gasteiger partial charge >= 0.3 is 0 Å². The molecule has 0 aliphatic carbocycles. The van der Waals surface area contributed by atoms with E-state index in [4.69, 9.17) is 4.74 Å². The van der Waals surface area contributed by atoms with E-state index in [1.807, 2.05) is 0 Å². The molecular formula is C17H16F3N3O. The Kier molecular flexibility index (Phi) is 3.74. The minimum atomic E-state index is -1.55. The van der Waals surface area contributed by atoms with Crippen molar-refractivity contribution in [2.24, 2.45) is 7.05 Å². The molecule has 0 saturated heterocycles. The molecule has 3 aromatic rings. The summed E-state index contributed by atoms with van der Waals surface area (Å²) in [7, 11) is 1.72. The summed E-state index contributed by atoms with van der Waals surface area (Å²) in [5.74, 6) is -4.21. The van der Waals surface area contributed by atoms with E-state index in [0.717, 1.165) is 6.07 Å². The zero-order valence-electron chi connectivity index (χ0n) is 13.7. The molecule has 0 N–H and O–H groups in total. The van der Waals surface area contributed by atoms with Gasteiger partial charge in [-0.05, 0) is 26.8 Å². The number of aromatic nitrogens is 3. The number of fused-ring (bicyclic) bond motifs is 1. The highest BCUT2D eigenvalue weighted by Gasteiger charge is 2.24. The summed E-state index contributed by atoms with van der Waals surface area (Å²) in [4.78, 5) is 4.12. The van der Waals surface area contributed by atoms with Crippen LogP contribution < -0.4 is 4.74 Å². The van der Waals surface area contributed by atoms with Gasteiger partial charge in [0, 0.05) is 36.0 Å². The van der Waals surface area contributed by atoms with Gasteiger partial charge in [-0.3, -0.25) is 4.68 Å². The second-order valence-electron chi connectivity index (χ2n) is 6.50. The van der Waals surface area contributed by atoms with E-state index in [-0.39, 0.29) is 16.7 Å². The Bertz CT molecular complexity index is 929. The standard InChI is InChI=1S/C17H16F3N3O/c1-17(2,3)24-16-13-10(5-12(18)14(19)15(13)20)11(7-21-16)9-6-22-23(4)8-9/h5-8H,1-4H3. The lowest BCUT2D eigenvalue weighted by Gasteiger charge is -2.22. The van der Waals surface area contributed by atoms with Crippen LogP contribution in [-0.2, 0) is 7.05 Å². The first-order chi connectivity index (χ1) is 11.2. The normalized spacial score (nSPS) is 12.0. The summed E-state index contributed by atoms with van der Waals surface area (Å²) in [6.07, 6.45) is 4.66. The minimum absolute atomic E-state index is 0.0819. The predicted molar refractivity (Wildman–Crippen MR) is 84.2 cm³/mol. The summed E-state index contributed by atoms with van der Waals surface area (Å²) < 4.78 is 49.2.